The van der Waals surface area contributed by atoms with E-state index in [1.807, 2.05) is 48.5 Å². The Kier molecular flexibility index (Phi) is 6.77. The van der Waals surface area contributed by atoms with Gasteiger partial charge in [-0.15, -0.1) is 0 Å². The molecule has 1 unspecified atom stereocenters. The number of hydrogen-bond acceptors (Lipinski definition) is 6. The number of ether oxygens (including phenoxy) is 1. The van der Waals surface area contributed by atoms with Gasteiger partial charge in [0.15, 0.2) is 5.78 Å². The Bertz CT molecular complexity index is 1230. The van der Waals surface area contributed by atoms with Gasteiger partial charge in [0.25, 0.3) is 5.56 Å². The summed E-state index contributed by atoms with van der Waals surface area (Å²) in [5.74, 6) is 0.637. The van der Waals surface area contributed by atoms with Crippen molar-refractivity contribution in [3.63, 3.8) is 0 Å². The molecule has 0 bridgehead atoms. The maximum absolute atomic E-state index is 13.2. The van der Waals surface area contributed by atoms with Crippen LogP contribution in [0.1, 0.15) is 30.2 Å². The number of nitrogens with zero attached hydrogens (tertiary/aromatic N) is 4. The van der Waals surface area contributed by atoms with E-state index >= 15 is 0 Å². The fourth-order valence-electron chi connectivity index (χ4n) is 4.08. The molecule has 0 N–H and O–H groups in total. The Morgan fingerprint density at radius 1 is 0.912 bits per heavy atom. The van der Waals surface area contributed by atoms with Crippen LogP contribution < -0.4 is 15.2 Å². The van der Waals surface area contributed by atoms with Gasteiger partial charge in [-0.05, 0) is 68.4 Å². The largest absolute Gasteiger partial charge is 0.497 e. The summed E-state index contributed by atoms with van der Waals surface area (Å²) in [4.78, 5) is 41.2. The molecule has 4 rings (SSSR count). The first-order chi connectivity index (χ1) is 16.4. The number of benzene rings is 2. The number of amides is 1. The average molecular weight is 461 g/mol. The van der Waals surface area contributed by atoms with E-state index in [1.165, 1.54) is 10.7 Å². The molecular weight excluding hydrogens is 432 g/mol. The smallest absolute Gasteiger partial charge is 0.267 e. The number of aromatic nitrogens is 2. The lowest BCUT2D eigenvalue weighted by molar-refractivity contribution is -0.135. The van der Waals surface area contributed by atoms with Crippen molar-refractivity contribution < 1.29 is 14.3 Å². The fraction of sp³-hybridized carbons (Fsp3) is 0.308. The summed E-state index contributed by atoms with van der Waals surface area (Å²) < 4.78 is 6.45. The highest BCUT2D eigenvalue weighted by Crippen LogP contribution is 2.21. The van der Waals surface area contributed by atoms with Crippen molar-refractivity contribution in [2.24, 2.45) is 0 Å². The third kappa shape index (κ3) is 4.85. The molecule has 1 aromatic heterocycles. The molecule has 176 valence electrons. The van der Waals surface area contributed by atoms with Gasteiger partial charge >= 0.3 is 0 Å². The van der Waals surface area contributed by atoms with Gasteiger partial charge in [0.05, 0.1) is 12.8 Å². The summed E-state index contributed by atoms with van der Waals surface area (Å²) in [5, 5.41) is 4.48. The van der Waals surface area contributed by atoms with Crippen LogP contribution in [-0.4, -0.2) is 59.7 Å². The molecule has 0 spiro atoms. The Hall–Kier alpha value is -3.94. The minimum absolute atomic E-state index is 0.0378. The van der Waals surface area contributed by atoms with Crippen molar-refractivity contribution in [3.8, 4) is 17.0 Å². The van der Waals surface area contributed by atoms with Crippen molar-refractivity contribution in [2.75, 3.05) is 38.2 Å². The molecule has 1 aliphatic rings. The van der Waals surface area contributed by atoms with Crippen LogP contribution in [0.4, 0.5) is 5.69 Å². The first-order valence-corrected chi connectivity index (χ1v) is 11.3. The molecule has 2 heterocycles. The lowest BCUT2D eigenvalue weighted by Crippen LogP contribution is -2.51. The Balaban J connectivity index is 1.44. The Morgan fingerprint density at radius 2 is 1.56 bits per heavy atom. The SMILES string of the molecule is COc1ccc(-c2ccc(=O)n(C(C)C(=O)N3CCN(c4ccc(C(C)=O)cc4)CC3)n2)cc1. The van der Waals surface area contributed by atoms with Crippen LogP contribution in [0.15, 0.2) is 65.5 Å². The number of piperazine rings is 1. The molecule has 1 aliphatic heterocycles. The second kappa shape index (κ2) is 9.91. The summed E-state index contributed by atoms with van der Waals surface area (Å²) in [7, 11) is 1.60. The zero-order valence-corrected chi connectivity index (χ0v) is 19.6. The number of rotatable bonds is 6. The van der Waals surface area contributed by atoms with Gasteiger partial charge in [0.2, 0.25) is 5.91 Å². The summed E-state index contributed by atoms with van der Waals surface area (Å²) in [5.41, 5.74) is 2.83. The fourth-order valence-corrected chi connectivity index (χ4v) is 4.08. The molecule has 34 heavy (non-hydrogen) atoms. The zero-order chi connectivity index (χ0) is 24.2. The van der Waals surface area contributed by atoms with E-state index < -0.39 is 6.04 Å². The third-order valence-electron chi connectivity index (χ3n) is 6.17. The first-order valence-electron chi connectivity index (χ1n) is 11.3. The molecule has 1 fully saturated rings. The molecule has 1 atom stereocenters. The quantitative estimate of drug-likeness (QED) is 0.526. The minimum atomic E-state index is -0.716. The van der Waals surface area contributed by atoms with Gasteiger partial charge < -0.3 is 14.5 Å². The number of ketones is 1. The summed E-state index contributed by atoms with van der Waals surface area (Å²) in [6.45, 7) is 5.70. The normalized spacial score (nSPS) is 14.6. The minimum Gasteiger partial charge on any atom is -0.497 e. The Morgan fingerprint density at radius 3 is 2.15 bits per heavy atom. The van der Waals surface area contributed by atoms with Crippen molar-refractivity contribution in [3.05, 3.63) is 76.6 Å². The summed E-state index contributed by atoms with van der Waals surface area (Å²) in [6.07, 6.45) is 0. The maximum atomic E-state index is 13.2. The number of carbonyl (C=O) groups excluding carboxylic acids is 2. The van der Waals surface area contributed by atoms with Gasteiger partial charge in [-0.1, -0.05) is 0 Å². The molecule has 3 aromatic rings. The molecule has 2 aromatic carbocycles. The van der Waals surface area contributed by atoms with Gasteiger partial charge in [0, 0.05) is 49.1 Å². The predicted molar refractivity (Wildman–Crippen MR) is 130 cm³/mol. The van der Waals surface area contributed by atoms with Crippen molar-refractivity contribution in [1.29, 1.82) is 0 Å². The van der Waals surface area contributed by atoms with Crippen molar-refractivity contribution >= 4 is 17.4 Å². The van der Waals surface area contributed by atoms with Crippen LogP contribution in [0.3, 0.4) is 0 Å². The second-order valence-corrected chi connectivity index (χ2v) is 8.32. The summed E-state index contributed by atoms with van der Waals surface area (Å²) >= 11 is 0. The van der Waals surface area contributed by atoms with E-state index in [0.717, 1.165) is 17.0 Å². The van der Waals surface area contributed by atoms with E-state index in [2.05, 4.69) is 10.00 Å². The van der Waals surface area contributed by atoms with E-state index in [4.69, 9.17) is 4.74 Å². The van der Waals surface area contributed by atoms with Crippen LogP contribution in [0.25, 0.3) is 11.3 Å². The highest BCUT2D eigenvalue weighted by Gasteiger charge is 2.27. The van der Waals surface area contributed by atoms with Crippen LogP contribution in [0.2, 0.25) is 0 Å². The molecule has 0 aliphatic carbocycles. The molecule has 0 saturated carbocycles. The highest BCUT2D eigenvalue weighted by atomic mass is 16.5. The zero-order valence-electron chi connectivity index (χ0n) is 19.6. The molecule has 8 nitrogen and oxygen atoms in total. The lowest BCUT2D eigenvalue weighted by Gasteiger charge is -2.37. The van der Waals surface area contributed by atoms with Gasteiger partial charge in [0.1, 0.15) is 11.8 Å². The number of anilines is 1. The van der Waals surface area contributed by atoms with Gasteiger partial charge in [-0.25, -0.2) is 4.68 Å². The van der Waals surface area contributed by atoms with Gasteiger partial charge in [-0.3, -0.25) is 14.4 Å². The molecule has 1 amide bonds. The maximum Gasteiger partial charge on any atom is 0.267 e. The van der Waals surface area contributed by atoms with E-state index in [1.54, 1.807) is 31.9 Å². The van der Waals surface area contributed by atoms with Gasteiger partial charge in [-0.2, -0.15) is 5.10 Å². The van der Waals surface area contributed by atoms with Crippen LogP contribution in [0.5, 0.6) is 5.75 Å². The molecular formula is C26H28N4O4. The molecule has 1 saturated heterocycles. The topological polar surface area (TPSA) is 84.7 Å². The predicted octanol–water partition coefficient (Wildman–Crippen LogP) is 3.03. The van der Waals surface area contributed by atoms with Crippen molar-refractivity contribution in [2.45, 2.75) is 19.9 Å². The van der Waals surface area contributed by atoms with E-state index in [0.29, 0.717) is 37.4 Å². The number of methoxy groups -OCH3 is 1. The summed E-state index contributed by atoms with van der Waals surface area (Å²) in [6, 6.07) is 17.3. The number of Topliss-reactive ketones (excluding diaryl/α,β-unsaturated/α-hetero) is 1. The first kappa shape index (κ1) is 23.2. The van der Waals surface area contributed by atoms with Crippen LogP contribution in [-0.2, 0) is 4.79 Å². The standard InChI is InChI=1S/C26H28N4O4/c1-18(30-25(32)13-12-24(27-30)21-6-10-23(34-3)11-7-21)26(33)29-16-14-28(15-17-29)22-8-4-20(5-9-22)19(2)31/h4-13,18H,14-17H2,1-3H3. The highest BCUT2D eigenvalue weighted by molar-refractivity contribution is 5.94. The monoisotopic (exact) mass is 460 g/mol. The Labute approximate surface area is 198 Å². The lowest BCUT2D eigenvalue weighted by atomic mass is 10.1. The van der Waals surface area contributed by atoms with E-state index in [9.17, 15) is 14.4 Å². The van der Waals surface area contributed by atoms with Crippen LogP contribution in [0, 0.1) is 0 Å². The number of carbonyl (C=O) groups is 2. The third-order valence-corrected chi connectivity index (χ3v) is 6.17. The van der Waals surface area contributed by atoms with E-state index in [-0.39, 0.29) is 17.2 Å². The second-order valence-electron chi connectivity index (χ2n) is 8.32. The molecule has 0 radical (unpaired) electrons. The number of hydrogen-bond donors (Lipinski definition) is 0. The molecule has 8 heteroatoms. The average Bonchev–Trinajstić information content (AvgIpc) is 2.88. The van der Waals surface area contributed by atoms with Crippen molar-refractivity contribution in [1.82, 2.24) is 14.7 Å². The van der Waals surface area contributed by atoms with Crippen LogP contribution >= 0.6 is 0 Å².